The van der Waals surface area contributed by atoms with Gasteiger partial charge in [-0.1, -0.05) is 12.1 Å². The molecule has 0 radical (unpaired) electrons. The van der Waals surface area contributed by atoms with E-state index in [4.69, 9.17) is 5.11 Å². The molecule has 0 aliphatic heterocycles. The highest BCUT2D eigenvalue weighted by Gasteiger charge is 2.19. The summed E-state index contributed by atoms with van der Waals surface area (Å²) >= 11 is 0. The summed E-state index contributed by atoms with van der Waals surface area (Å²) in [6.07, 6.45) is 0. The molecule has 0 spiro atoms. The number of carbonyl (C=O) groups is 2. The molecule has 4 nitrogen and oxygen atoms in total. The van der Waals surface area contributed by atoms with Gasteiger partial charge in [-0.2, -0.15) is 0 Å². The molecule has 21 heavy (non-hydrogen) atoms. The SMILES string of the molecule is O=C(Nc1cc(F)c(F)cc1C(=O)O)c1ccccc1F. The van der Waals surface area contributed by atoms with Gasteiger partial charge in [0.25, 0.3) is 5.91 Å². The average molecular weight is 295 g/mol. The van der Waals surface area contributed by atoms with Gasteiger partial charge in [0.2, 0.25) is 0 Å². The largest absolute Gasteiger partial charge is 0.478 e. The fraction of sp³-hybridized carbons (Fsp3) is 0. The third-order valence-corrected chi connectivity index (χ3v) is 2.66. The van der Waals surface area contributed by atoms with E-state index >= 15 is 0 Å². The first-order valence-corrected chi connectivity index (χ1v) is 5.68. The van der Waals surface area contributed by atoms with Crippen LogP contribution in [0.2, 0.25) is 0 Å². The van der Waals surface area contributed by atoms with E-state index in [0.717, 1.165) is 6.07 Å². The molecule has 0 aromatic heterocycles. The molecule has 2 aromatic carbocycles. The fourth-order valence-corrected chi connectivity index (χ4v) is 1.66. The van der Waals surface area contributed by atoms with Crippen molar-refractivity contribution in [1.82, 2.24) is 0 Å². The zero-order chi connectivity index (χ0) is 15.6. The Kier molecular flexibility index (Phi) is 3.93. The van der Waals surface area contributed by atoms with Crippen LogP contribution in [-0.4, -0.2) is 17.0 Å². The van der Waals surface area contributed by atoms with E-state index in [0.29, 0.717) is 12.1 Å². The van der Waals surface area contributed by atoms with Gasteiger partial charge in [0.1, 0.15) is 5.82 Å². The van der Waals surface area contributed by atoms with E-state index in [1.54, 1.807) is 0 Å². The molecular formula is C14H8F3NO3. The van der Waals surface area contributed by atoms with Crippen molar-refractivity contribution in [1.29, 1.82) is 0 Å². The Balaban J connectivity index is 2.40. The second kappa shape index (κ2) is 5.66. The maximum atomic E-state index is 13.4. The van der Waals surface area contributed by atoms with Crippen LogP contribution in [0.4, 0.5) is 18.9 Å². The highest BCUT2D eigenvalue weighted by Crippen LogP contribution is 2.21. The zero-order valence-electron chi connectivity index (χ0n) is 10.4. The Bertz CT molecular complexity index is 731. The van der Waals surface area contributed by atoms with Crippen molar-refractivity contribution in [3.63, 3.8) is 0 Å². The van der Waals surface area contributed by atoms with Crippen LogP contribution in [-0.2, 0) is 0 Å². The highest BCUT2D eigenvalue weighted by atomic mass is 19.2. The lowest BCUT2D eigenvalue weighted by atomic mass is 10.1. The third kappa shape index (κ3) is 3.02. The molecule has 0 aliphatic rings. The quantitative estimate of drug-likeness (QED) is 0.914. The number of nitrogens with one attached hydrogen (secondary N) is 1. The smallest absolute Gasteiger partial charge is 0.337 e. The third-order valence-electron chi connectivity index (χ3n) is 2.66. The number of aromatic carboxylic acids is 1. The number of hydrogen-bond donors (Lipinski definition) is 2. The van der Waals surface area contributed by atoms with Gasteiger partial charge in [0, 0.05) is 6.07 Å². The summed E-state index contributed by atoms with van der Waals surface area (Å²) < 4.78 is 39.6. The van der Waals surface area contributed by atoms with E-state index in [9.17, 15) is 22.8 Å². The van der Waals surface area contributed by atoms with Crippen molar-refractivity contribution in [2.45, 2.75) is 0 Å². The summed E-state index contributed by atoms with van der Waals surface area (Å²) in [5, 5.41) is 11.0. The van der Waals surface area contributed by atoms with E-state index in [2.05, 4.69) is 5.32 Å². The molecule has 0 atom stereocenters. The predicted octanol–water partition coefficient (Wildman–Crippen LogP) is 3.05. The number of halogens is 3. The lowest BCUT2D eigenvalue weighted by Crippen LogP contribution is -2.16. The Labute approximate surface area is 116 Å². The normalized spacial score (nSPS) is 10.2. The number of rotatable bonds is 3. The highest BCUT2D eigenvalue weighted by molar-refractivity contribution is 6.07. The molecule has 2 N–H and O–H groups in total. The Hall–Kier alpha value is -2.83. The van der Waals surface area contributed by atoms with Crippen molar-refractivity contribution in [3.05, 3.63) is 65.0 Å². The van der Waals surface area contributed by atoms with Crippen LogP contribution in [0.15, 0.2) is 36.4 Å². The minimum absolute atomic E-state index is 0.349. The van der Waals surface area contributed by atoms with Crippen LogP contribution in [0.1, 0.15) is 20.7 Å². The molecule has 7 heteroatoms. The van der Waals surface area contributed by atoms with Gasteiger partial charge in [0.05, 0.1) is 16.8 Å². The first-order chi connectivity index (χ1) is 9.90. The molecule has 1 amide bonds. The number of benzene rings is 2. The first kappa shape index (κ1) is 14.6. The Morgan fingerprint density at radius 3 is 2.14 bits per heavy atom. The van der Waals surface area contributed by atoms with Crippen LogP contribution in [0, 0.1) is 17.5 Å². The summed E-state index contributed by atoms with van der Waals surface area (Å²) in [7, 11) is 0. The summed E-state index contributed by atoms with van der Waals surface area (Å²) in [6.45, 7) is 0. The van der Waals surface area contributed by atoms with Crippen LogP contribution in [0.25, 0.3) is 0 Å². The van der Waals surface area contributed by atoms with Crippen LogP contribution >= 0.6 is 0 Å². The number of amides is 1. The van der Waals surface area contributed by atoms with Crippen LogP contribution in [0.3, 0.4) is 0 Å². The van der Waals surface area contributed by atoms with E-state index in [1.165, 1.54) is 18.2 Å². The first-order valence-electron chi connectivity index (χ1n) is 5.68. The van der Waals surface area contributed by atoms with Gasteiger partial charge in [-0.15, -0.1) is 0 Å². The van der Waals surface area contributed by atoms with Crippen molar-refractivity contribution in [2.24, 2.45) is 0 Å². The van der Waals surface area contributed by atoms with Crippen molar-refractivity contribution in [2.75, 3.05) is 5.32 Å². The second-order valence-corrected chi connectivity index (χ2v) is 4.05. The van der Waals surface area contributed by atoms with Crippen molar-refractivity contribution < 1.29 is 27.9 Å². The molecule has 0 fully saturated rings. The lowest BCUT2D eigenvalue weighted by Gasteiger charge is -2.09. The molecule has 2 aromatic rings. The van der Waals surface area contributed by atoms with E-state index < -0.39 is 40.6 Å². The van der Waals surface area contributed by atoms with Gasteiger partial charge < -0.3 is 10.4 Å². The summed E-state index contributed by atoms with van der Waals surface area (Å²) in [6, 6.07) is 5.95. The standard InChI is InChI=1S/C14H8F3NO3/c15-9-4-2-1-3-7(9)13(19)18-12-6-11(17)10(16)5-8(12)14(20)21/h1-6H,(H,18,19)(H,20,21). The monoisotopic (exact) mass is 295 g/mol. The van der Waals surface area contributed by atoms with Gasteiger partial charge in [-0.05, 0) is 18.2 Å². The van der Waals surface area contributed by atoms with Gasteiger partial charge in [-0.3, -0.25) is 4.79 Å². The van der Waals surface area contributed by atoms with E-state index in [1.807, 2.05) is 0 Å². The number of carbonyl (C=O) groups excluding carboxylic acids is 1. The predicted molar refractivity (Wildman–Crippen MR) is 67.7 cm³/mol. The maximum Gasteiger partial charge on any atom is 0.337 e. The molecule has 0 aliphatic carbocycles. The summed E-state index contributed by atoms with van der Waals surface area (Å²) in [5.41, 5.74) is -1.45. The van der Waals surface area contributed by atoms with E-state index in [-0.39, 0.29) is 5.56 Å². The number of carboxylic acid groups (broad SMARTS) is 1. The van der Waals surface area contributed by atoms with Crippen LogP contribution in [0.5, 0.6) is 0 Å². The van der Waals surface area contributed by atoms with Crippen molar-refractivity contribution in [3.8, 4) is 0 Å². The molecule has 0 bridgehead atoms. The topological polar surface area (TPSA) is 66.4 Å². The van der Waals surface area contributed by atoms with Gasteiger partial charge in [-0.25, -0.2) is 18.0 Å². The Morgan fingerprint density at radius 1 is 0.905 bits per heavy atom. The molecular weight excluding hydrogens is 287 g/mol. The number of carboxylic acids is 1. The summed E-state index contributed by atoms with van der Waals surface area (Å²) in [4.78, 5) is 22.8. The molecule has 108 valence electrons. The zero-order valence-corrected chi connectivity index (χ0v) is 10.4. The van der Waals surface area contributed by atoms with Crippen LogP contribution < -0.4 is 5.32 Å². The molecule has 0 saturated carbocycles. The van der Waals surface area contributed by atoms with Crippen molar-refractivity contribution >= 4 is 17.6 Å². The van der Waals surface area contributed by atoms with Gasteiger partial charge >= 0.3 is 5.97 Å². The number of hydrogen-bond acceptors (Lipinski definition) is 2. The lowest BCUT2D eigenvalue weighted by molar-refractivity contribution is 0.0697. The minimum atomic E-state index is -1.56. The second-order valence-electron chi connectivity index (χ2n) is 4.05. The number of anilines is 1. The Morgan fingerprint density at radius 2 is 1.52 bits per heavy atom. The molecule has 0 unspecified atom stereocenters. The maximum absolute atomic E-state index is 13.4. The fourth-order valence-electron chi connectivity index (χ4n) is 1.66. The summed E-state index contributed by atoms with van der Waals surface area (Å²) in [5.74, 6) is -6.05. The molecule has 0 saturated heterocycles. The minimum Gasteiger partial charge on any atom is -0.478 e. The van der Waals surface area contributed by atoms with Gasteiger partial charge in [0.15, 0.2) is 11.6 Å². The molecule has 0 heterocycles. The average Bonchev–Trinajstić information content (AvgIpc) is 2.42. The molecule has 2 rings (SSSR count).